The first-order valence-corrected chi connectivity index (χ1v) is 15.0. The molecule has 39 heavy (non-hydrogen) atoms. The molecule has 8 nitrogen and oxygen atoms in total. The second kappa shape index (κ2) is 17.7. The van der Waals surface area contributed by atoms with E-state index in [2.05, 4.69) is 0 Å². The van der Waals surface area contributed by atoms with Gasteiger partial charge in [0.15, 0.2) is 23.0 Å². The Morgan fingerprint density at radius 1 is 0.462 bits per heavy atom. The Kier molecular flexibility index (Phi) is 14.7. The number of aromatic hydroxyl groups is 2. The van der Waals surface area contributed by atoms with Gasteiger partial charge in [0.05, 0.1) is 49.4 Å². The smallest absolute Gasteiger partial charge is 0.208 e. The largest absolute Gasteiger partial charge is 0.502 e. The monoisotopic (exact) mass is 566 g/mol. The maximum absolute atomic E-state index is 11.1. The van der Waals surface area contributed by atoms with Gasteiger partial charge in [-0.05, 0) is 38.5 Å². The molecule has 0 aliphatic heterocycles. The van der Waals surface area contributed by atoms with E-state index < -0.39 is 0 Å². The molecule has 2 aromatic rings. The van der Waals surface area contributed by atoms with Crippen molar-refractivity contribution in [3.05, 3.63) is 12.1 Å². The Bertz CT molecular complexity index is 932. The van der Waals surface area contributed by atoms with E-state index in [0.29, 0.717) is 72.4 Å². The lowest BCUT2D eigenvalue weighted by Gasteiger charge is -2.22. The summed E-state index contributed by atoms with van der Waals surface area (Å²) in [5, 5.41) is 22.1. The fourth-order valence-electron chi connectivity index (χ4n) is 3.44. The molecule has 0 spiro atoms. The highest BCUT2D eigenvalue weighted by Crippen LogP contribution is 2.56. The normalized spacial score (nSPS) is 10.8. The Balaban J connectivity index is 2.77. The zero-order valence-corrected chi connectivity index (χ0v) is 25.2. The predicted molar refractivity (Wildman–Crippen MR) is 155 cm³/mol. The molecule has 2 N–H and O–H groups in total. The molecule has 0 fully saturated rings. The zero-order valence-electron chi connectivity index (χ0n) is 24.4. The number of phenols is 2. The van der Waals surface area contributed by atoms with Gasteiger partial charge >= 0.3 is 0 Å². The first-order chi connectivity index (χ1) is 19.0. The minimum Gasteiger partial charge on any atom is -0.502 e. The van der Waals surface area contributed by atoms with Crippen LogP contribution >= 0.6 is 11.8 Å². The quantitative estimate of drug-likeness (QED) is 0.165. The van der Waals surface area contributed by atoms with Gasteiger partial charge in [0, 0.05) is 12.1 Å². The van der Waals surface area contributed by atoms with Crippen LogP contribution in [0.25, 0.3) is 0 Å². The molecule has 2 rings (SSSR count). The van der Waals surface area contributed by atoms with Crippen molar-refractivity contribution in [1.29, 1.82) is 0 Å². The SMILES string of the molecule is CCCOc1cc(Sc2cc(OCCC)c(O)c(OCCC)c2OCCC)c(OCCC)c(OCCC)c1O. The second-order valence-corrected chi connectivity index (χ2v) is 10.0. The number of benzene rings is 2. The number of rotatable bonds is 20. The van der Waals surface area contributed by atoms with Gasteiger partial charge in [-0.2, -0.15) is 0 Å². The highest BCUT2D eigenvalue weighted by atomic mass is 32.2. The molecule has 0 amide bonds. The van der Waals surface area contributed by atoms with Crippen LogP contribution in [-0.4, -0.2) is 49.9 Å². The van der Waals surface area contributed by atoms with Gasteiger partial charge in [0.2, 0.25) is 23.0 Å². The molecular weight excluding hydrogens is 520 g/mol. The summed E-state index contributed by atoms with van der Waals surface area (Å²) in [5.41, 5.74) is 0. The Morgan fingerprint density at radius 3 is 1.05 bits per heavy atom. The van der Waals surface area contributed by atoms with Crippen LogP contribution in [0, 0.1) is 0 Å². The molecule has 0 aliphatic carbocycles. The minimum absolute atomic E-state index is 0.0838. The van der Waals surface area contributed by atoms with Crippen molar-refractivity contribution in [2.75, 3.05) is 39.6 Å². The van der Waals surface area contributed by atoms with E-state index in [4.69, 9.17) is 28.4 Å². The molecule has 0 bridgehead atoms. The van der Waals surface area contributed by atoms with Gasteiger partial charge in [0.1, 0.15) is 0 Å². The van der Waals surface area contributed by atoms with Crippen molar-refractivity contribution in [2.45, 2.75) is 89.9 Å². The number of hydrogen-bond donors (Lipinski definition) is 2. The molecule has 0 aromatic heterocycles. The number of hydrogen-bond acceptors (Lipinski definition) is 9. The Hall–Kier alpha value is -2.81. The van der Waals surface area contributed by atoms with Crippen molar-refractivity contribution in [3.63, 3.8) is 0 Å². The van der Waals surface area contributed by atoms with E-state index in [0.717, 1.165) is 38.5 Å². The van der Waals surface area contributed by atoms with E-state index in [1.165, 1.54) is 11.8 Å². The fraction of sp³-hybridized carbons (Fsp3) is 0.600. The number of ether oxygens (including phenoxy) is 6. The summed E-state index contributed by atoms with van der Waals surface area (Å²) in [6, 6.07) is 3.52. The summed E-state index contributed by atoms with van der Waals surface area (Å²) in [6.45, 7) is 14.6. The summed E-state index contributed by atoms with van der Waals surface area (Å²) in [6.07, 6.45) is 4.64. The highest BCUT2D eigenvalue weighted by molar-refractivity contribution is 7.99. The van der Waals surface area contributed by atoms with Gasteiger partial charge in [-0.1, -0.05) is 53.3 Å². The van der Waals surface area contributed by atoms with Crippen LogP contribution in [0.4, 0.5) is 0 Å². The summed E-state index contributed by atoms with van der Waals surface area (Å²) >= 11 is 1.36. The predicted octanol–water partition coefficient (Wildman–Crippen LogP) is 7.98. The minimum atomic E-state index is -0.0838. The fourth-order valence-corrected chi connectivity index (χ4v) is 4.50. The molecule has 0 aliphatic rings. The molecule has 2 aromatic carbocycles. The molecule has 0 saturated carbocycles. The van der Waals surface area contributed by atoms with Gasteiger partial charge in [0.25, 0.3) is 0 Å². The maximum Gasteiger partial charge on any atom is 0.208 e. The zero-order chi connectivity index (χ0) is 28.6. The number of phenolic OH excluding ortho intramolecular Hbond substituents is 2. The average Bonchev–Trinajstić information content (AvgIpc) is 2.94. The third kappa shape index (κ3) is 9.12. The van der Waals surface area contributed by atoms with Crippen molar-refractivity contribution >= 4 is 11.8 Å². The van der Waals surface area contributed by atoms with Crippen molar-refractivity contribution < 1.29 is 38.6 Å². The molecule has 0 radical (unpaired) electrons. The topological polar surface area (TPSA) is 95.8 Å². The van der Waals surface area contributed by atoms with Gasteiger partial charge in [-0.15, -0.1) is 0 Å². The van der Waals surface area contributed by atoms with E-state index in [1.54, 1.807) is 12.1 Å². The van der Waals surface area contributed by atoms with Gasteiger partial charge < -0.3 is 38.6 Å². The van der Waals surface area contributed by atoms with E-state index >= 15 is 0 Å². The molecule has 0 saturated heterocycles. The van der Waals surface area contributed by atoms with Crippen LogP contribution in [0.2, 0.25) is 0 Å². The van der Waals surface area contributed by atoms with Crippen molar-refractivity contribution in [3.8, 4) is 46.0 Å². The van der Waals surface area contributed by atoms with E-state index in [9.17, 15) is 10.2 Å². The van der Waals surface area contributed by atoms with E-state index in [-0.39, 0.29) is 23.0 Å². The third-order valence-electron chi connectivity index (χ3n) is 5.23. The highest BCUT2D eigenvalue weighted by Gasteiger charge is 2.27. The lowest BCUT2D eigenvalue weighted by Crippen LogP contribution is -2.06. The lowest BCUT2D eigenvalue weighted by molar-refractivity contribution is 0.241. The van der Waals surface area contributed by atoms with Crippen molar-refractivity contribution in [2.24, 2.45) is 0 Å². The Morgan fingerprint density at radius 2 is 0.744 bits per heavy atom. The van der Waals surface area contributed by atoms with Crippen LogP contribution < -0.4 is 28.4 Å². The Labute approximate surface area is 237 Å². The molecule has 0 heterocycles. The molecule has 0 unspecified atom stereocenters. The third-order valence-corrected chi connectivity index (χ3v) is 6.27. The van der Waals surface area contributed by atoms with Crippen LogP contribution in [0.3, 0.4) is 0 Å². The molecule has 9 heteroatoms. The maximum atomic E-state index is 11.1. The molecular formula is C30H46O8S. The standard InChI is InChI=1S/C30H46O8S/c1-7-13-33-21-19-23(27(35-15-9-3)29(25(21)31)37-17-11-5)39-24-20-22(34-14-8-2)26(32)30(38-18-12-6)28(24)36-16-10-4/h19-20,31-32H,7-18H2,1-6H3. The summed E-state index contributed by atoms with van der Waals surface area (Å²) in [5.74, 6) is 1.82. The van der Waals surface area contributed by atoms with Gasteiger partial charge in [-0.3, -0.25) is 0 Å². The van der Waals surface area contributed by atoms with E-state index in [1.807, 2.05) is 41.5 Å². The summed E-state index contributed by atoms with van der Waals surface area (Å²) < 4.78 is 36.1. The first-order valence-electron chi connectivity index (χ1n) is 14.2. The summed E-state index contributed by atoms with van der Waals surface area (Å²) in [4.78, 5) is 1.35. The average molecular weight is 567 g/mol. The van der Waals surface area contributed by atoms with Crippen LogP contribution in [0.5, 0.6) is 46.0 Å². The van der Waals surface area contributed by atoms with Crippen LogP contribution in [0.15, 0.2) is 21.9 Å². The van der Waals surface area contributed by atoms with Gasteiger partial charge in [-0.25, -0.2) is 0 Å². The summed E-state index contributed by atoms with van der Waals surface area (Å²) in [7, 11) is 0. The van der Waals surface area contributed by atoms with Crippen LogP contribution in [0.1, 0.15) is 80.1 Å². The first kappa shape index (κ1) is 32.4. The van der Waals surface area contributed by atoms with Crippen LogP contribution in [-0.2, 0) is 0 Å². The second-order valence-electron chi connectivity index (χ2n) is 8.95. The lowest BCUT2D eigenvalue weighted by atomic mass is 10.2. The van der Waals surface area contributed by atoms with Crippen molar-refractivity contribution in [1.82, 2.24) is 0 Å². The molecule has 220 valence electrons. The molecule has 0 atom stereocenters.